The molecule has 4 nitrogen and oxygen atoms in total. The maximum absolute atomic E-state index is 11.3. The number of carbonyl (C=O) groups excluding carboxylic acids is 1. The predicted octanol–water partition coefficient (Wildman–Crippen LogP) is 3.09. The average molecular weight is 309 g/mol. The Labute approximate surface area is 130 Å². The van der Waals surface area contributed by atoms with Crippen molar-refractivity contribution in [3.63, 3.8) is 0 Å². The summed E-state index contributed by atoms with van der Waals surface area (Å²) in [6.45, 7) is 4.04. The van der Waals surface area contributed by atoms with E-state index in [1.807, 2.05) is 17.0 Å². The fourth-order valence-corrected chi connectivity index (χ4v) is 3.28. The van der Waals surface area contributed by atoms with Crippen LogP contribution in [0.1, 0.15) is 31.7 Å². The normalized spacial score (nSPS) is 18.9. The van der Waals surface area contributed by atoms with Crippen molar-refractivity contribution in [1.82, 2.24) is 4.90 Å². The first-order valence-electron chi connectivity index (χ1n) is 7.61. The highest BCUT2D eigenvalue weighted by atomic mass is 35.5. The summed E-state index contributed by atoms with van der Waals surface area (Å²) in [5.74, 6) is 1.11. The minimum atomic E-state index is 0.161. The Hall–Kier alpha value is -1.42. The van der Waals surface area contributed by atoms with Crippen molar-refractivity contribution in [3.05, 3.63) is 22.7 Å². The monoisotopic (exact) mass is 308 g/mol. The Balaban J connectivity index is 1.67. The van der Waals surface area contributed by atoms with Crippen LogP contribution >= 0.6 is 11.6 Å². The lowest BCUT2D eigenvalue weighted by Crippen LogP contribution is -2.41. The Morgan fingerprint density at radius 2 is 2.14 bits per heavy atom. The van der Waals surface area contributed by atoms with Crippen LogP contribution in [0.15, 0.2) is 12.1 Å². The van der Waals surface area contributed by atoms with E-state index in [4.69, 9.17) is 16.3 Å². The third-order valence-corrected chi connectivity index (χ3v) is 4.61. The van der Waals surface area contributed by atoms with Gasteiger partial charge in [0.25, 0.3) is 0 Å². The van der Waals surface area contributed by atoms with Crippen LogP contribution in [0.3, 0.4) is 0 Å². The summed E-state index contributed by atoms with van der Waals surface area (Å²) in [6.07, 6.45) is 3.99. The van der Waals surface area contributed by atoms with Crippen LogP contribution in [0.2, 0.25) is 5.02 Å². The van der Waals surface area contributed by atoms with Gasteiger partial charge in [0.2, 0.25) is 5.91 Å². The van der Waals surface area contributed by atoms with Crippen LogP contribution in [0, 0.1) is 0 Å². The lowest BCUT2D eigenvalue weighted by atomic mass is 10.0. The molecule has 1 amide bonds. The van der Waals surface area contributed by atoms with E-state index in [0.717, 1.165) is 61.8 Å². The molecule has 114 valence electrons. The third kappa shape index (κ3) is 3.26. The van der Waals surface area contributed by atoms with Gasteiger partial charge in [-0.05, 0) is 37.3 Å². The number of anilines is 1. The van der Waals surface area contributed by atoms with Gasteiger partial charge in [0.1, 0.15) is 5.75 Å². The van der Waals surface area contributed by atoms with Gasteiger partial charge in [0, 0.05) is 32.1 Å². The maximum atomic E-state index is 11.3. The van der Waals surface area contributed by atoms with Crippen molar-refractivity contribution in [2.45, 2.75) is 38.6 Å². The number of likely N-dealkylation sites (tertiary alicyclic amines) is 1. The molecule has 0 saturated carbocycles. The number of carbonyl (C=O) groups is 1. The van der Waals surface area contributed by atoms with E-state index in [0.29, 0.717) is 6.04 Å². The summed E-state index contributed by atoms with van der Waals surface area (Å²) >= 11 is 6.38. The van der Waals surface area contributed by atoms with Gasteiger partial charge in [-0.3, -0.25) is 4.79 Å². The number of nitrogens with zero attached hydrogens (tertiary/aromatic N) is 1. The first-order valence-corrected chi connectivity index (χ1v) is 7.98. The van der Waals surface area contributed by atoms with Gasteiger partial charge >= 0.3 is 0 Å². The molecule has 0 radical (unpaired) electrons. The summed E-state index contributed by atoms with van der Waals surface area (Å²) in [4.78, 5) is 13.2. The van der Waals surface area contributed by atoms with Gasteiger partial charge in [0.15, 0.2) is 0 Å². The Morgan fingerprint density at radius 1 is 1.38 bits per heavy atom. The number of nitrogens with one attached hydrogen (secondary N) is 1. The molecule has 0 aliphatic carbocycles. The molecule has 0 unspecified atom stereocenters. The first kappa shape index (κ1) is 14.5. The highest BCUT2D eigenvalue weighted by molar-refractivity contribution is 6.33. The van der Waals surface area contributed by atoms with Gasteiger partial charge < -0.3 is 15.0 Å². The van der Waals surface area contributed by atoms with Crippen molar-refractivity contribution in [2.24, 2.45) is 0 Å². The van der Waals surface area contributed by atoms with Crippen LogP contribution in [0.25, 0.3) is 0 Å². The summed E-state index contributed by atoms with van der Waals surface area (Å²) < 4.78 is 5.71. The van der Waals surface area contributed by atoms with Crippen LogP contribution in [0.5, 0.6) is 5.75 Å². The zero-order valence-corrected chi connectivity index (χ0v) is 13.1. The summed E-state index contributed by atoms with van der Waals surface area (Å²) in [7, 11) is 0. The summed E-state index contributed by atoms with van der Waals surface area (Å²) in [5.41, 5.74) is 2.14. The van der Waals surface area contributed by atoms with Crippen molar-refractivity contribution in [3.8, 4) is 5.75 Å². The van der Waals surface area contributed by atoms with E-state index >= 15 is 0 Å². The number of fused-ring (bicyclic) bond motifs is 1. The molecule has 5 heteroatoms. The number of ether oxygens (including phenoxy) is 1. The number of amides is 1. The summed E-state index contributed by atoms with van der Waals surface area (Å²) in [6, 6.07) is 4.40. The number of aryl methyl sites for hydroxylation is 1. The zero-order chi connectivity index (χ0) is 14.8. The second kappa shape index (κ2) is 6.14. The minimum Gasteiger partial charge on any atom is -0.493 e. The largest absolute Gasteiger partial charge is 0.493 e. The molecular formula is C16H21ClN2O2. The highest BCUT2D eigenvalue weighted by Crippen LogP contribution is 2.34. The highest BCUT2D eigenvalue weighted by Gasteiger charge is 2.22. The number of halogens is 1. The summed E-state index contributed by atoms with van der Waals surface area (Å²) in [5, 5.41) is 4.27. The predicted molar refractivity (Wildman–Crippen MR) is 84.2 cm³/mol. The van der Waals surface area contributed by atoms with Gasteiger partial charge in [-0.1, -0.05) is 11.6 Å². The molecule has 1 fully saturated rings. The fraction of sp³-hybridized carbons (Fsp3) is 0.562. The van der Waals surface area contributed by atoms with Crippen molar-refractivity contribution >= 4 is 23.2 Å². The molecule has 1 aromatic carbocycles. The van der Waals surface area contributed by atoms with Crippen molar-refractivity contribution < 1.29 is 9.53 Å². The van der Waals surface area contributed by atoms with Gasteiger partial charge in [-0.25, -0.2) is 0 Å². The Morgan fingerprint density at radius 3 is 2.86 bits per heavy atom. The van der Waals surface area contributed by atoms with Crippen LogP contribution in [-0.4, -0.2) is 36.5 Å². The molecule has 2 heterocycles. The molecule has 1 N–H and O–H groups in total. The quantitative estimate of drug-likeness (QED) is 0.913. The molecule has 2 aliphatic rings. The van der Waals surface area contributed by atoms with Gasteiger partial charge in [-0.15, -0.1) is 0 Å². The topological polar surface area (TPSA) is 41.6 Å². The zero-order valence-electron chi connectivity index (χ0n) is 12.3. The van der Waals surface area contributed by atoms with Crippen LogP contribution in [0.4, 0.5) is 5.69 Å². The van der Waals surface area contributed by atoms with Crippen molar-refractivity contribution in [1.29, 1.82) is 0 Å². The van der Waals surface area contributed by atoms with E-state index in [1.54, 1.807) is 6.92 Å². The number of piperidine rings is 1. The molecule has 3 rings (SSSR count). The van der Waals surface area contributed by atoms with E-state index < -0.39 is 0 Å². The number of hydrogen-bond donors (Lipinski definition) is 1. The number of benzene rings is 1. The molecule has 1 saturated heterocycles. The molecule has 1 aromatic rings. The van der Waals surface area contributed by atoms with Gasteiger partial charge in [0.05, 0.1) is 17.3 Å². The van der Waals surface area contributed by atoms with Gasteiger partial charge in [-0.2, -0.15) is 0 Å². The third-order valence-electron chi connectivity index (χ3n) is 4.30. The van der Waals surface area contributed by atoms with Crippen molar-refractivity contribution in [2.75, 3.05) is 25.0 Å². The fourth-order valence-electron chi connectivity index (χ4n) is 3.04. The van der Waals surface area contributed by atoms with E-state index in [2.05, 4.69) is 5.32 Å². The van der Waals surface area contributed by atoms with Crippen LogP contribution in [-0.2, 0) is 11.2 Å². The molecule has 2 aliphatic heterocycles. The maximum Gasteiger partial charge on any atom is 0.219 e. The van der Waals surface area contributed by atoms with E-state index in [9.17, 15) is 4.79 Å². The number of rotatable bonds is 2. The SMILES string of the molecule is CC(=O)N1CCC(Nc2cc3c(cc2Cl)CCCO3)CC1. The average Bonchev–Trinajstić information content (AvgIpc) is 2.48. The molecule has 0 aromatic heterocycles. The second-order valence-corrected chi connectivity index (χ2v) is 6.22. The molecule has 0 bridgehead atoms. The lowest BCUT2D eigenvalue weighted by Gasteiger charge is -2.32. The molecule has 0 atom stereocenters. The Bertz CT molecular complexity index is 539. The first-order chi connectivity index (χ1) is 10.1. The van der Waals surface area contributed by atoms with Crippen LogP contribution < -0.4 is 10.1 Å². The Kier molecular flexibility index (Phi) is 4.24. The lowest BCUT2D eigenvalue weighted by molar-refractivity contribution is -0.129. The smallest absolute Gasteiger partial charge is 0.219 e. The minimum absolute atomic E-state index is 0.161. The number of hydrogen-bond acceptors (Lipinski definition) is 3. The van der Waals surface area contributed by atoms with E-state index in [-0.39, 0.29) is 5.91 Å². The molecular weight excluding hydrogens is 288 g/mol. The molecule has 0 spiro atoms. The van der Waals surface area contributed by atoms with E-state index in [1.165, 1.54) is 5.56 Å². The standard InChI is InChI=1S/C16H21ClN2O2/c1-11(20)19-6-4-13(5-7-19)18-15-10-16-12(9-14(15)17)3-2-8-21-16/h9-10,13,18H,2-8H2,1H3. The molecule has 21 heavy (non-hydrogen) atoms. The second-order valence-electron chi connectivity index (χ2n) is 5.82.